The smallest absolute Gasteiger partial charge is 0.291 e. The lowest BCUT2D eigenvalue weighted by molar-refractivity contribution is 0.0998. The highest BCUT2D eigenvalue weighted by molar-refractivity contribution is 7.99. The van der Waals surface area contributed by atoms with Gasteiger partial charge in [0.05, 0.1) is 0 Å². The first kappa shape index (κ1) is 19.1. The van der Waals surface area contributed by atoms with E-state index in [1.807, 2.05) is 48.2 Å². The summed E-state index contributed by atoms with van der Waals surface area (Å²) >= 11 is 1.97. The minimum atomic E-state index is -0.163. The number of aryl methyl sites for hydroxylation is 1. The number of benzene rings is 2. The predicted molar refractivity (Wildman–Crippen MR) is 118 cm³/mol. The Morgan fingerprint density at radius 2 is 1.93 bits per heavy atom. The first-order chi connectivity index (χ1) is 13.7. The number of furan rings is 1. The number of fused-ring (bicyclic) bond motifs is 1. The van der Waals surface area contributed by atoms with E-state index in [9.17, 15) is 4.79 Å². The van der Waals surface area contributed by atoms with E-state index in [1.54, 1.807) is 0 Å². The van der Waals surface area contributed by atoms with Gasteiger partial charge in [0.2, 0.25) is 0 Å². The van der Waals surface area contributed by atoms with Crippen LogP contribution in [0.4, 0.5) is 5.69 Å². The molecule has 0 bridgehead atoms. The van der Waals surface area contributed by atoms with Crippen molar-refractivity contribution in [3.8, 4) is 0 Å². The number of hydrogen-bond donors (Lipinski definition) is 1. The molecule has 2 aromatic carbocycles. The Labute approximate surface area is 170 Å². The van der Waals surface area contributed by atoms with E-state index in [4.69, 9.17) is 4.42 Å². The molecule has 1 fully saturated rings. The van der Waals surface area contributed by atoms with Crippen molar-refractivity contribution in [2.45, 2.75) is 56.5 Å². The van der Waals surface area contributed by atoms with Crippen molar-refractivity contribution in [2.24, 2.45) is 0 Å². The van der Waals surface area contributed by atoms with Crippen LogP contribution in [0, 0.1) is 0 Å². The van der Waals surface area contributed by atoms with Gasteiger partial charge in [-0.05, 0) is 43.0 Å². The van der Waals surface area contributed by atoms with Crippen LogP contribution in [-0.4, -0.2) is 11.2 Å². The maximum Gasteiger partial charge on any atom is 0.291 e. The second-order valence-electron chi connectivity index (χ2n) is 7.48. The molecular formula is C24H27NO2S. The van der Waals surface area contributed by atoms with Crippen LogP contribution >= 0.6 is 11.8 Å². The molecule has 0 spiro atoms. The standard InChI is InChI=1S/C24H27NO2S/c1-2-17-9-8-10-18(15-17)25-24(26)23-21(16-28-19-11-4-3-5-12-19)20-13-6-7-14-22(20)27-23/h6-10,13-15,19H,2-5,11-12,16H2,1H3,(H,25,26). The van der Waals surface area contributed by atoms with E-state index >= 15 is 0 Å². The first-order valence-electron chi connectivity index (χ1n) is 10.3. The molecule has 0 atom stereocenters. The molecule has 0 saturated heterocycles. The van der Waals surface area contributed by atoms with E-state index in [2.05, 4.69) is 24.4 Å². The first-order valence-corrected chi connectivity index (χ1v) is 11.3. The van der Waals surface area contributed by atoms with Gasteiger partial charge >= 0.3 is 0 Å². The highest BCUT2D eigenvalue weighted by Gasteiger charge is 2.22. The van der Waals surface area contributed by atoms with E-state index in [0.29, 0.717) is 11.0 Å². The average Bonchev–Trinajstić information content (AvgIpc) is 3.12. The summed E-state index contributed by atoms with van der Waals surface area (Å²) in [5.74, 6) is 1.11. The Morgan fingerprint density at radius 3 is 2.75 bits per heavy atom. The van der Waals surface area contributed by atoms with E-state index in [1.165, 1.54) is 37.7 Å². The van der Waals surface area contributed by atoms with Crippen LogP contribution in [0.25, 0.3) is 11.0 Å². The molecule has 3 nitrogen and oxygen atoms in total. The Kier molecular flexibility index (Phi) is 6.06. The highest BCUT2D eigenvalue weighted by atomic mass is 32.2. The summed E-state index contributed by atoms with van der Waals surface area (Å²) in [6.45, 7) is 2.11. The zero-order chi connectivity index (χ0) is 19.3. The van der Waals surface area contributed by atoms with Crippen molar-refractivity contribution in [3.63, 3.8) is 0 Å². The normalized spacial score (nSPS) is 15.0. The molecule has 1 aromatic heterocycles. The second kappa shape index (κ2) is 8.87. The summed E-state index contributed by atoms with van der Waals surface area (Å²) in [5, 5.41) is 4.78. The summed E-state index contributed by atoms with van der Waals surface area (Å²) in [4.78, 5) is 13.0. The fourth-order valence-corrected chi connectivity index (χ4v) is 5.27. The minimum Gasteiger partial charge on any atom is -0.451 e. The summed E-state index contributed by atoms with van der Waals surface area (Å²) in [7, 11) is 0. The fraction of sp³-hybridized carbons (Fsp3) is 0.375. The molecule has 28 heavy (non-hydrogen) atoms. The van der Waals surface area contributed by atoms with E-state index in [-0.39, 0.29) is 5.91 Å². The topological polar surface area (TPSA) is 42.2 Å². The van der Waals surface area contributed by atoms with E-state index in [0.717, 1.165) is 34.4 Å². The molecule has 3 aromatic rings. The van der Waals surface area contributed by atoms with Gasteiger partial charge in [0, 0.05) is 27.6 Å². The number of thioether (sulfide) groups is 1. The van der Waals surface area contributed by atoms with Gasteiger partial charge in [-0.25, -0.2) is 0 Å². The molecule has 0 unspecified atom stereocenters. The third-order valence-corrected chi connectivity index (χ3v) is 6.91. The van der Waals surface area contributed by atoms with Crippen LogP contribution in [0.2, 0.25) is 0 Å². The Morgan fingerprint density at radius 1 is 1.11 bits per heavy atom. The van der Waals surface area contributed by atoms with E-state index < -0.39 is 0 Å². The average molecular weight is 394 g/mol. The number of carbonyl (C=O) groups excluding carboxylic acids is 1. The van der Waals surface area contributed by atoms with Crippen molar-refractivity contribution in [1.29, 1.82) is 0 Å². The summed E-state index contributed by atoms with van der Waals surface area (Å²) in [6, 6.07) is 16.0. The van der Waals surface area contributed by atoms with Crippen LogP contribution in [0.1, 0.15) is 60.7 Å². The van der Waals surface area contributed by atoms with Crippen LogP contribution in [0.15, 0.2) is 52.9 Å². The van der Waals surface area contributed by atoms with Gasteiger partial charge in [-0.1, -0.05) is 56.5 Å². The number of rotatable bonds is 6. The number of para-hydroxylation sites is 1. The molecule has 1 saturated carbocycles. The lowest BCUT2D eigenvalue weighted by Crippen LogP contribution is -2.13. The summed E-state index contributed by atoms with van der Waals surface area (Å²) in [6.07, 6.45) is 7.52. The van der Waals surface area contributed by atoms with Crippen molar-refractivity contribution >= 4 is 34.3 Å². The molecule has 0 radical (unpaired) electrons. The number of nitrogens with one attached hydrogen (secondary N) is 1. The number of hydrogen-bond acceptors (Lipinski definition) is 3. The summed E-state index contributed by atoms with van der Waals surface area (Å²) in [5.41, 5.74) is 3.83. The molecular weight excluding hydrogens is 366 g/mol. The van der Waals surface area contributed by atoms with Crippen molar-refractivity contribution in [3.05, 3.63) is 65.4 Å². The molecule has 146 valence electrons. The summed E-state index contributed by atoms with van der Waals surface area (Å²) < 4.78 is 6.00. The van der Waals surface area contributed by atoms with Gasteiger partial charge in [-0.15, -0.1) is 0 Å². The minimum absolute atomic E-state index is 0.163. The molecule has 1 N–H and O–H groups in total. The molecule has 1 aliphatic carbocycles. The van der Waals surface area contributed by atoms with Crippen molar-refractivity contribution < 1.29 is 9.21 Å². The SMILES string of the molecule is CCc1cccc(NC(=O)c2oc3ccccc3c2CSC2CCCCC2)c1. The van der Waals surface area contributed by atoms with Crippen LogP contribution in [-0.2, 0) is 12.2 Å². The Bertz CT molecular complexity index is 956. The van der Waals surface area contributed by atoms with Gasteiger partial charge in [-0.2, -0.15) is 11.8 Å². The largest absolute Gasteiger partial charge is 0.451 e. The van der Waals surface area contributed by atoms with Gasteiger partial charge in [0.15, 0.2) is 5.76 Å². The maximum absolute atomic E-state index is 13.0. The molecule has 0 aliphatic heterocycles. The molecule has 1 amide bonds. The van der Waals surface area contributed by atoms with Gasteiger partial charge in [0.1, 0.15) is 5.58 Å². The molecule has 1 aliphatic rings. The highest BCUT2D eigenvalue weighted by Crippen LogP contribution is 2.35. The number of amides is 1. The zero-order valence-corrected chi connectivity index (χ0v) is 17.2. The predicted octanol–water partition coefficient (Wildman–Crippen LogP) is 6.81. The van der Waals surface area contributed by atoms with Gasteiger partial charge in [-0.3, -0.25) is 4.79 Å². The lowest BCUT2D eigenvalue weighted by atomic mass is 10.0. The third-order valence-electron chi connectivity index (χ3n) is 5.51. The monoisotopic (exact) mass is 393 g/mol. The van der Waals surface area contributed by atoms with Crippen LogP contribution < -0.4 is 5.32 Å². The fourth-order valence-electron chi connectivity index (χ4n) is 3.92. The van der Waals surface area contributed by atoms with Gasteiger partial charge < -0.3 is 9.73 Å². The van der Waals surface area contributed by atoms with Crippen LogP contribution in [0.5, 0.6) is 0 Å². The number of anilines is 1. The quantitative estimate of drug-likeness (QED) is 0.500. The maximum atomic E-state index is 13.0. The van der Waals surface area contributed by atoms with Crippen molar-refractivity contribution in [2.75, 3.05) is 5.32 Å². The molecule has 1 heterocycles. The van der Waals surface area contributed by atoms with Crippen molar-refractivity contribution in [1.82, 2.24) is 0 Å². The molecule has 4 rings (SSSR count). The third kappa shape index (κ3) is 4.27. The lowest BCUT2D eigenvalue weighted by Gasteiger charge is -2.20. The van der Waals surface area contributed by atoms with Gasteiger partial charge in [0.25, 0.3) is 5.91 Å². The second-order valence-corrected chi connectivity index (χ2v) is 8.77. The zero-order valence-electron chi connectivity index (χ0n) is 16.4. The Hall–Kier alpha value is -2.20. The number of carbonyl (C=O) groups is 1. The molecule has 4 heteroatoms. The Balaban J connectivity index is 1.58. The van der Waals surface area contributed by atoms with Crippen LogP contribution in [0.3, 0.4) is 0 Å².